The van der Waals surface area contributed by atoms with E-state index in [1.807, 2.05) is 13.0 Å². The first-order chi connectivity index (χ1) is 8.54. The molecule has 1 rings (SSSR count). The Kier molecular flexibility index (Phi) is 6.90. The van der Waals surface area contributed by atoms with Gasteiger partial charge in [-0.05, 0) is 63.7 Å². The summed E-state index contributed by atoms with van der Waals surface area (Å²) in [5.41, 5.74) is 3.05. The highest BCUT2D eigenvalue weighted by Gasteiger charge is 2.05. The number of aromatic hydroxyl groups is 1. The number of nitrogens with one attached hydrogen (secondary N) is 1. The molecule has 1 aromatic rings. The number of hydrazone groups is 1. The second-order valence-electron chi connectivity index (χ2n) is 3.72. The molecule has 0 aliphatic heterocycles. The van der Waals surface area contributed by atoms with Crippen molar-refractivity contribution in [2.45, 2.75) is 26.2 Å². The van der Waals surface area contributed by atoms with Crippen LogP contribution < -0.4 is 5.43 Å². The molecule has 0 saturated carbocycles. The number of benzene rings is 1. The summed E-state index contributed by atoms with van der Waals surface area (Å²) in [6, 6.07) is 3.67. The van der Waals surface area contributed by atoms with Crippen molar-refractivity contribution in [3.05, 3.63) is 24.8 Å². The van der Waals surface area contributed by atoms with E-state index in [1.165, 1.54) is 6.21 Å². The maximum Gasteiger partial charge on any atom is 0.240 e. The number of carbonyl (C=O) groups is 1. The number of amides is 1. The molecular weight excluding hydrogens is 458 g/mol. The van der Waals surface area contributed by atoms with Crippen molar-refractivity contribution in [1.82, 2.24) is 5.43 Å². The van der Waals surface area contributed by atoms with Crippen molar-refractivity contribution in [1.29, 1.82) is 0 Å². The minimum Gasteiger partial charge on any atom is -0.506 e. The van der Waals surface area contributed by atoms with E-state index in [0.29, 0.717) is 12.0 Å². The molecule has 0 spiro atoms. The van der Waals surface area contributed by atoms with Gasteiger partial charge in [0, 0.05) is 15.6 Å². The van der Waals surface area contributed by atoms with E-state index < -0.39 is 0 Å². The lowest BCUT2D eigenvalue weighted by molar-refractivity contribution is -0.121. The summed E-state index contributed by atoms with van der Waals surface area (Å²) in [5.74, 6) is 0.0792. The minimum atomic E-state index is -0.104. The van der Waals surface area contributed by atoms with Crippen LogP contribution in [0, 0.1) is 7.14 Å². The van der Waals surface area contributed by atoms with E-state index >= 15 is 0 Å². The Morgan fingerprint density at radius 2 is 2.22 bits per heavy atom. The van der Waals surface area contributed by atoms with Gasteiger partial charge in [-0.2, -0.15) is 5.10 Å². The third-order valence-corrected chi connectivity index (χ3v) is 3.65. The maximum atomic E-state index is 11.3. The highest BCUT2D eigenvalue weighted by Crippen LogP contribution is 2.25. The molecule has 2 N–H and O–H groups in total. The third-order valence-electron chi connectivity index (χ3n) is 2.21. The maximum absolute atomic E-state index is 11.3. The van der Waals surface area contributed by atoms with Crippen molar-refractivity contribution < 1.29 is 9.90 Å². The van der Waals surface area contributed by atoms with Crippen LogP contribution in [0.2, 0.25) is 0 Å². The lowest BCUT2D eigenvalue weighted by Crippen LogP contribution is -2.16. The van der Waals surface area contributed by atoms with Gasteiger partial charge in [0.15, 0.2) is 0 Å². The van der Waals surface area contributed by atoms with Gasteiger partial charge in [-0.1, -0.05) is 13.3 Å². The molecule has 6 heteroatoms. The molecular formula is C12H14I2N2O2. The van der Waals surface area contributed by atoms with Crippen molar-refractivity contribution in [3.8, 4) is 5.75 Å². The second-order valence-corrected chi connectivity index (χ2v) is 6.13. The highest BCUT2D eigenvalue weighted by molar-refractivity contribution is 14.1. The topological polar surface area (TPSA) is 61.7 Å². The van der Waals surface area contributed by atoms with Crippen LogP contribution in [0.1, 0.15) is 31.7 Å². The molecule has 4 nitrogen and oxygen atoms in total. The number of nitrogens with zero attached hydrogens (tertiary/aromatic N) is 1. The van der Waals surface area contributed by atoms with Crippen molar-refractivity contribution in [3.63, 3.8) is 0 Å². The van der Waals surface area contributed by atoms with Crippen LogP contribution in [0.25, 0.3) is 0 Å². The van der Waals surface area contributed by atoms with E-state index in [-0.39, 0.29) is 11.7 Å². The van der Waals surface area contributed by atoms with Crippen LogP contribution in [0.4, 0.5) is 0 Å². The standard InChI is InChI=1S/C12H14I2N2O2/c1-2-3-4-11(17)16-15-7-8-5-9(13)6-10(14)12(8)18/h5-7,18H,2-4H2,1H3,(H,16,17)/b15-7-. The molecule has 0 atom stereocenters. The number of unbranched alkanes of at least 4 members (excludes halogenated alkanes) is 1. The van der Waals surface area contributed by atoms with Crippen LogP contribution in [-0.4, -0.2) is 17.2 Å². The van der Waals surface area contributed by atoms with E-state index in [1.54, 1.807) is 6.07 Å². The van der Waals surface area contributed by atoms with Gasteiger partial charge in [0.25, 0.3) is 0 Å². The first-order valence-corrected chi connectivity index (χ1v) is 7.70. The largest absolute Gasteiger partial charge is 0.506 e. The Labute approximate surface area is 134 Å². The van der Waals surface area contributed by atoms with Gasteiger partial charge in [-0.15, -0.1) is 0 Å². The summed E-state index contributed by atoms with van der Waals surface area (Å²) in [6.45, 7) is 2.03. The van der Waals surface area contributed by atoms with Gasteiger partial charge in [-0.3, -0.25) is 4.79 Å². The molecule has 0 unspecified atom stereocenters. The Morgan fingerprint density at radius 3 is 2.89 bits per heavy atom. The molecule has 0 aliphatic rings. The fourth-order valence-electron chi connectivity index (χ4n) is 1.25. The Morgan fingerprint density at radius 1 is 1.50 bits per heavy atom. The van der Waals surface area contributed by atoms with Crippen LogP contribution in [0.15, 0.2) is 17.2 Å². The normalized spacial score (nSPS) is 10.8. The zero-order valence-electron chi connectivity index (χ0n) is 9.91. The van der Waals surface area contributed by atoms with Crippen LogP contribution in [-0.2, 0) is 4.79 Å². The van der Waals surface area contributed by atoms with Crippen molar-refractivity contribution in [2.75, 3.05) is 0 Å². The predicted octanol–water partition coefficient (Wildman–Crippen LogP) is 3.24. The van der Waals surface area contributed by atoms with E-state index in [9.17, 15) is 9.90 Å². The van der Waals surface area contributed by atoms with Gasteiger partial charge in [0.05, 0.1) is 9.78 Å². The van der Waals surface area contributed by atoms with Crippen LogP contribution in [0.5, 0.6) is 5.75 Å². The van der Waals surface area contributed by atoms with E-state index in [0.717, 1.165) is 20.0 Å². The van der Waals surface area contributed by atoms with Gasteiger partial charge >= 0.3 is 0 Å². The zero-order valence-corrected chi connectivity index (χ0v) is 14.2. The Balaban J connectivity index is 2.65. The predicted molar refractivity (Wildman–Crippen MR) is 88.8 cm³/mol. The zero-order chi connectivity index (χ0) is 13.5. The second kappa shape index (κ2) is 7.93. The summed E-state index contributed by atoms with van der Waals surface area (Å²) < 4.78 is 1.77. The molecule has 0 aliphatic carbocycles. The third kappa shape index (κ3) is 5.09. The lowest BCUT2D eigenvalue weighted by atomic mass is 10.2. The SMILES string of the molecule is CCCCC(=O)N/N=C\c1cc(I)cc(I)c1O. The van der Waals surface area contributed by atoms with Crippen molar-refractivity contribution in [2.24, 2.45) is 5.10 Å². The van der Waals surface area contributed by atoms with E-state index in [4.69, 9.17) is 0 Å². The number of carbonyl (C=O) groups excluding carboxylic acids is 1. The van der Waals surface area contributed by atoms with Gasteiger partial charge in [0.2, 0.25) is 5.91 Å². The van der Waals surface area contributed by atoms with Gasteiger partial charge < -0.3 is 5.11 Å². The molecule has 1 aromatic carbocycles. The minimum absolute atomic E-state index is 0.104. The fraction of sp³-hybridized carbons (Fsp3) is 0.333. The van der Waals surface area contributed by atoms with Gasteiger partial charge in [-0.25, -0.2) is 5.43 Å². The van der Waals surface area contributed by atoms with Crippen LogP contribution in [0.3, 0.4) is 0 Å². The number of hydrogen-bond donors (Lipinski definition) is 2. The highest BCUT2D eigenvalue weighted by atomic mass is 127. The molecule has 0 fully saturated rings. The summed E-state index contributed by atoms with van der Waals surface area (Å²) in [7, 11) is 0. The number of phenols is 1. The lowest BCUT2D eigenvalue weighted by Gasteiger charge is -2.03. The Bertz CT molecular complexity index is 462. The number of halogens is 2. The van der Waals surface area contributed by atoms with Gasteiger partial charge in [0.1, 0.15) is 5.75 Å². The number of hydrogen-bond acceptors (Lipinski definition) is 3. The quantitative estimate of drug-likeness (QED) is 0.393. The van der Waals surface area contributed by atoms with Crippen molar-refractivity contribution >= 4 is 57.3 Å². The summed E-state index contributed by atoms with van der Waals surface area (Å²) in [6.07, 6.45) is 3.77. The molecule has 0 bridgehead atoms. The van der Waals surface area contributed by atoms with E-state index in [2.05, 4.69) is 55.7 Å². The first kappa shape index (κ1) is 15.7. The molecule has 98 valence electrons. The fourth-order valence-corrected chi connectivity index (χ4v) is 3.14. The summed E-state index contributed by atoms with van der Waals surface area (Å²) >= 11 is 4.22. The monoisotopic (exact) mass is 472 g/mol. The molecule has 1 amide bonds. The Hall–Kier alpha value is -0.380. The summed E-state index contributed by atoms with van der Waals surface area (Å²) in [4.78, 5) is 11.3. The van der Waals surface area contributed by atoms with Crippen LogP contribution >= 0.6 is 45.2 Å². The average Bonchev–Trinajstić information content (AvgIpc) is 2.32. The first-order valence-electron chi connectivity index (χ1n) is 5.54. The molecule has 0 saturated heterocycles. The smallest absolute Gasteiger partial charge is 0.240 e. The average molecular weight is 472 g/mol. The molecule has 18 heavy (non-hydrogen) atoms. The number of rotatable bonds is 5. The molecule has 0 radical (unpaired) electrons. The summed E-state index contributed by atoms with van der Waals surface area (Å²) in [5, 5.41) is 13.7. The number of phenolic OH excluding ortho intramolecular Hbond substituents is 1. The molecule has 0 aromatic heterocycles. The molecule has 0 heterocycles.